The minimum absolute atomic E-state index is 0.154. The third kappa shape index (κ3) is 6.82. The van der Waals surface area contributed by atoms with Crippen molar-refractivity contribution in [1.82, 2.24) is 24.8 Å². The third-order valence-electron chi connectivity index (χ3n) is 5.98. The van der Waals surface area contributed by atoms with Gasteiger partial charge in [0, 0.05) is 13.2 Å². The standard InChI is InChI=1S/C21H31BF3IN6O5/c1-3-5-7-35-10-20(9-33)15(36-8-6-4-2)13(30-19(34)21(23,24)25)18(37-20)32-12-29-14-16(31-22-26)27-11-28-17(14)32/h11-13,15,18,22,33H,3-10H2,1-2H3,(H,30,34)(H,27,28,31)/t13-,15?,18+,20?/m0/s1. The van der Waals surface area contributed by atoms with Crippen LogP contribution in [-0.2, 0) is 19.0 Å². The number of nitrogens with one attached hydrogen (secondary N) is 2. The average Bonchev–Trinajstić information content (AvgIpc) is 3.42. The Bertz CT molecular complexity index is 1030. The molecule has 0 saturated carbocycles. The van der Waals surface area contributed by atoms with Crippen molar-refractivity contribution in [2.24, 2.45) is 0 Å². The van der Waals surface area contributed by atoms with Crippen molar-refractivity contribution in [3.8, 4) is 0 Å². The molecule has 3 heterocycles. The van der Waals surface area contributed by atoms with Crippen LogP contribution >= 0.6 is 22.4 Å². The molecular weight excluding hydrogens is 611 g/mol. The monoisotopic (exact) mass is 642 g/mol. The summed E-state index contributed by atoms with van der Waals surface area (Å²) in [6.45, 7) is 3.70. The third-order valence-corrected chi connectivity index (χ3v) is 6.36. The van der Waals surface area contributed by atoms with Crippen LogP contribution in [0.25, 0.3) is 11.2 Å². The quantitative estimate of drug-likeness (QED) is 0.161. The molecule has 1 aliphatic rings. The number of carbonyl (C=O) groups is 1. The highest BCUT2D eigenvalue weighted by molar-refractivity contribution is 14.1. The van der Waals surface area contributed by atoms with Crippen LogP contribution in [0.4, 0.5) is 19.0 Å². The zero-order chi connectivity index (χ0) is 27.1. The van der Waals surface area contributed by atoms with Gasteiger partial charge in [0.2, 0.25) is 0 Å². The fourth-order valence-electron chi connectivity index (χ4n) is 4.09. The fraction of sp³-hybridized carbons (Fsp3) is 0.714. The van der Waals surface area contributed by atoms with Gasteiger partial charge in [-0.25, -0.2) is 15.0 Å². The number of hydrogen-bond acceptors (Lipinski definition) is 9. The summed E-state index contributed by atoms with van der Waals surface area (Å²) in [5, 5.41) is 16.1. The average molecular weight is 642 g/mol. The van der Waals surface area contributed by atoms with Crippen LogP contribution in [0.5, 0.6) is 0 Å². The first-order valence-electron chi connectivity index (χ1n) is 12.1. The van der Waals surface area contributed by atoms with E-state index in [9.17, 15) is 23.1 Å². The van der Waals surface area contributed by atoms with Gasteiger partial charge in [0.25, 0.3) is 0 Å². The number of carbonyl (C=O) groups excluding carboxylic acids is 1. The Balaban J connectivity index is 2.07. The summed E-state index contributed by atoms with van der Waals surface area (Å²) >= 11 is 2.10. The zero-order valence-corrected chi connectivity index (χ0v) is 22.8. The largest absolute Gasteiger partial charge is 0.471 e. The molecule has 2 aromatic heterocycles. The Hall–Kier alpha value is -1.76. The van der Waals surface area contributed by atoms with Crippen LogP contribution < -0.4 is 10.5 Å². The van der Waals surface area contributed by atoms with Gasteiger partial charge in [-0.2, -0.15) is 13.2 Å². The van der Waals surface area contributed by atoms with Gasteiger partial charge in [-0.1, -0.05) is 26.7 Å². The van der Waals surface area contributed by atoms with Crippen molar-refractivity contribution in [1.29, 1.82) is 0 Å². The van der Waals surface area contributed by atoms with Gasteiger partial charge in [-0.15, -0.1) is 22.4 Å². The van der Waals surface area contributed by atoms with E-state index in [4.69, 9.17) is 14.2 Å². The number of anilines is 1. The number of aliphatic hydroxyl groups excluding tert-OH is 1. The lowest BCUT2D eigenvalue weighted by Crippen LogP contribution is -2.57. The highest BCUT2D eigenvalue weighted by Crippen LogP contribution is 2.41. The number of amides is 1. The van der Waals surface area contributed by atoms with Gasteiger partial charge >= 0.3 is 17.4 Å². The van der Waals surface area contributed by atoms with Gasteiger partial charge in [0.15, 0.2) is 11.9 Å². The van der Waals surface area contributed by atoms with E-state index in [1.807, 2.05) is 19.2 Å². The second-order valence-corrected chi connectivity index (χ2v) is 9.40. The van der Waals surface area contributed by atoms with Crippen LogP contribution in [0.3, 0.4) is 0 Å². The molecule has 3 N–H and O–H groups in total. The Kier molecular flexibility index (Phi) is 10.8. The van der Waals surface area contributed by atoms with Crippen molar-refractivity contribution >= 4 is 50.5 Å². The highest BCUT2D eigenvalue weighted by atomic mass is 127. The van der Waals surface area contributed by atoms with Crippen LogP contribution in [0, 0.1) is 0 Å². The smallest absolute Gasteiger partial charge is 0.405 e. The molecule has 0 radical (unpaired) electrons. The number of hydrogen-bond donors (Lipinski definition) is 3. The van der Waals surface area contributed by atoms with E-state index in [1.165, 1.54) is 17.2 Å². The SMILES string of the molecule is CCCCOCC1(CO)O[C@@H](n2cnc3c(NBI)ncnc32)[C@@H](NC(=O)C(F)(F)F)C1OCCCC. The second kappa shape index (κ2) is 13.4. The number of unbranched alkanes of at least 4 members (excludes halogenated alkanes) is 2. The van der Waals surface area contributed by atoms with E-state index >= 15 is 0 Å². The summed E-state index contributed by atoms with van der Waals surface area (Å²) < 4.78 is 59.5. The Morgan fingerprint density at radius 3 is 2.65 bits per heavy atom. The molecule has 1 fully saturated rings. The summed E-state index contributed by atoms with van der Waals surface area (Å²) in [6.07, 6.45) is -1.91. The number of halogens is 4. The summed E-state index contributed by atoms with van der Waals surface area (Å²) in [7, 11) is 0. The van der Waals surface area contributed by atoms with Gasteiger partial charge < -0.3 is 29.9 Å². The zero-order valence-electron chi connectivity index (χ0n) is 20.6. The Morgan fingerprint density at radius 1 is 1.27 bits per heavy atom. The summed E-state index contributed by atoms with van der Waals surface area (Å²) in [6, 6.07) is -1.35. The van der Waals surface area contributed by atoms with E-state index in [2.05, 4.69) is 42.6 Å². The lowest BCUT2D eigenvalue weighted by atomic mass is 9.94. The van der Waals surface area contributed by atoms with Gasteiger partial charge in [-0.05, 0) is 12.8 Å². The molecule has 0 bridgehead atoms. The number of nitrogens with zero attached hydrogens (tertiary/aromatic N) is 4. The first kappa shape index (κ1) is 29.8. The molecule has 2 unspecified atom stereocenters. The van der Waals surface area contributed by atoms with Crippen molar-refractivity contribution in [3.63, 3.8) is 0 Å². The number of imidazole rings is 1. The van der Waals surface area contributed by atoms with Crippen molar-refractivity contribution in [2.45, 2.75) is 69.7 Å². The molecule has 4 atom stereocenters. The Labute approximate surface area is 226 Å². The maximum Gasteiger partial charge on any atom is 0.471 e. The first-order valence-corrected chi connectivity index (χ1v) is 13.6. The lowest BCUT2D eigenvalue weighted by Gasteiger charge is -2.33. The van der Waals surface area contributed by atoms with Crippen LogP contribution in [0.15, 0.2) is 12.7 Å². The van der Waals surface area contributed by atoms with E-state index in [0.29, 0.717) is 29.6 Å². The van der Waals surface area contributed by atoms with E-state index < -0.39 is 42.7 Å². The van der Waals surface area contributed by atoms with Crippen molar-refractivity contribution in [3.05, 3.63) is 12.7 Å². The molecule has 37 heavy (non-hydrogen) atoms. The molecule has 0 aliphatic carbocycles. The molecule has 11 nitrogen and oxygen atoms in total. The van der Waals surface area contributed by atoms with Gasteiger partial charge in [0.05, 0.1) is 19.5 Å². The molecule has 0 spiro atoms. The molecule has 1 saturated heterocycles. The number of aliphatic hydroxyl groups is 1. The number of alkyl halides is 3. The molecule has 1 amide bonds. The van der Waals surface area contributed by atoms with Crippen LogP contribution in [0.2, 0.25) is 0 Å². The summed E-state index contributed by atoms with van der Waals surface area (Å²) in [5.41, 5.74) is -0.915. The van der Waals surface area contributed by atoms with E-state index in [-0.39, 0.29) is 18.9 Å². The fourth-order valence-corrected chi connectivity index (χ4v) is 4.45. The topological polar surface area (TPSA) is 133 Å². The number of rotatable bonds is 14. The summed E-state index contributed by atoms with van der Waals surface area (Å²) in [4.78, 5) is 24.8. The van der Waals surface area contributed by atoms with Crippen molar-refractivity contribution < 1.29 is 37.3 Å². The lowest BCUT2D eigenvalue weighted by molar-refractivity contribution is -0.175. The minimum atomic E-state index is -5.14. The maximum atomic E-state index is 13.3. The maximum absolute atomic E-state index is 13.3. The predicted molar refractivity (Wildman–Crippen MR) is 138 cm³/mol. The van der Waals surface area contributed by atoms with Crippen molar-refractivity contribution in [2.75, 3.05) is 31.7 Å². The molecule has 1 aliphatic heterocycles. The van der Waals surface area contributed by atoms with Gasteiger partial charge in [-0.3, -0.25) is 9.36 Å². The number of ether oxygens (including phenoxy) is 3. The van der Waals surface area contributed by atoms with E-state index in [1.54, 1.807) is 0 Å². The molecule has 16 heteroatoms. The summed E-state index contributed by atoms with van der Waals surface area (Å²) in [5.74, 6) is -1.72. The highest BCUT2D eigenvalue weighted by Gasteiger charge is 2.59. The number of aromatic nitrogens is 4. The predicted octanol–water partition coefficient (Wildman–Crippen LogP) is 2.25. The first-order chi connectivity index (χ1) is 17.7. The minimum Gasteiger partial charge on any atom is -0.405 e. The second-order valence-electron chi connectivity index (χ2n) is 8.64. The normalized spacial score (nSPS) is 23.9. The molecule has 206 valence electrons. The molecule has 0 aromatic carbocycles. The van der Waals surface area contributed by atoms with Crippen LogP contribution in [0.1, 0.15) is 45.8 Å². The van der Waals surface area contributed by atoms with E-state index in [0.717, 1.165) is 19.3 Å². The van der Waals surface area contributed by atoms with Crippen LogP contribution in [-0.4, -0.2) is 86.2 Å². The molecular formula is C21H31BF3IN6O5. The Morgan fingerprint density at radius 2 is 2.00 bits per heavy atom. The molecule has 3 rings (SSSR count). The number of fused-ring (bicyclic) bond motifs is 1. The molecule has 2 aromatic rings. The van der Waals surface area contributed by atoms with Gasteiger partial charge in [0.1, 0.15) is 35.4 Å².